The van der Waals surface area contributed by atoms with Gasteiger partial charge in [0.2, 0.25) is 0 Å². The van der Waals surface area contributed by atoms with E-state index in [2.05, 4.69) is 43.7 Å². The highest BCUT2D eigenvalue weighted by molar-refractivity contribution is 5.40. The van der Waals surface area contributed by atoms with Gasteiger partial charge in [-0.15, -0.1) is 6.58 Å². The fraction of sp³-hybridized carbons (Fsp3) is 0.533. The molecule has 0 aromatic carbocycles. The highest BCUT2D eigenvalue weighted by Crippen LogP contribution is 2.12. The van der Waals surface area contributed by atoms with Gasteiger partial charge in [-0.1, -0.05) is 12.1 Å². The van der Waals surface area contributed by atoms with Gasteiger partial charge in [0.05, 0.1) is 6.61 Å². The van der Waals surface area contributed by atoms with Gasteiger partial charge in [-0.3, -0.25) is 0 Å². The minimum absolute atomic E-state index is 0.102. The molecule has 1 aromatic heterocycles. The highest BCUT2D eigenvalue weighted by Gasteiger charge is 2.09. The molecular weight excluding hydrogens is 238 g/mol. The molecule has 0 unspecified atom stereocenters. The molecule has 1 rings (SSSR count). The molecule has 0 bridgehead atoms. The first kappa shape index (κ1) is 15.7. The average Bonchev–Trinajstić information content (AvgIpc) is 2.36. The lowest BCUT2D eigenvalue weighted by atomic mass is 10.1. The quantitative estimate of drug-likeness (QED) is 0.738. The summed E-state index contributed by atoms with van der Waals surface area (Å²) >= 11 is 0. The van der Waals surface area contributed by atoms with Gasteiger partial charge in [0.1, 0.15) is 5.82 Å². The molecule has 0 fully saturated rings. The number of aliphatic hydroxyl groups is 1. The van der Waals surface area contributed by atoms with E-state index < -0.39 is 0 Å². The van der Waals surface area contributed by atoms with Crippen LogP contribution in [0.1, 0.15) is 26.3 Å². The summed E-state index contributed by atoms with van der Waals surface area (Å²) in [7, 11) is 0. The Morgan fingerprint density at radius 1 is 1.42 bits per heavy atom. The van der Waals surface area contributed by atoms with E-state index in [9.17, 15) is 0 Å². The second kappa shape index (κ2) is 7.26. The fourth-order valence-electron chi connectivity index (χ4n) is 1.65. The highest BCUT2D eigenvalue weighted by atomic mass is 16.3. The minimum Gasteiger partial charge on any atom is -0.395 e. The molecule has 19 heavy (non-hydrogen) atoms. The van der Waals surface area contributed by atoms with Crippen molar-refractivity contribution in [1.29, 1.82) is 0 Å². The third kappa shape index (κ3) is 5.85. The predicted octanol–water partition coefficient (Wildman–Crippen LogP) is 1.95. The van der Waals surface area contributed by atoms with Crippen molar-refractivity contribution in [3.63, 3.8) is 0 Å². The first-order chi connectivity index (χ1) is 8.96. The number of hydrogen-bond donors (Lipinski definition) is 2. The Balaban J connectivity index is 2.66. The maximum Gasteiger partial charge on any atom is 0.128 e. The molecule has 0 spiro atoms. The van der Waals surface area contributed by atoms with E-state index in [1.807, 2.05) is 23.2 Å². The van der Waals surface area contributed by atoms with Crippen LogP contribution in [0.2, 0.25) is 0 Å². The van der Waals surface area contributed by atoms with E-state index >= 15 is 0 Å². The topological polar surface area (TPSA) is 48.4 Å². The van der Waals surface area contributed by atoms with Crippen molar-refractivity contribution in [2.45, 2.75) is 32.9 Å². The number of aliphatic hydroxyl groups excluding tert-OH is 1. The van der Waals surface area contributed by atoms with Crippen LogP contribution in [-0.2, 0) is 6.54 Å². The third-order valence-corrected chi connectivity index (χ3v) is 2.68. The summed E-state index contributed by atoms with van der Waals surface area (Å²) in [5, 5.41) is 12.5. The van der Waals surface area contributed by atoms with Crippen LogP contribution < -0.4 is 10.2 Å². The van der Waals surface area contributed by atoms with Crippen molar-refractivity contribution >= 4 is 5.82 Å². The molecule has 4 nitrogen and oxygen atoms in total. The summed E-state index contributed by atoms with van der Waals surface area (Å²) < 4.78 is 0. The van der Waals surface area contributed by atoms with E-state index in [1.165, 1.54) is 0 Å². The number of anilines is 1. The van der Waals surface area contributed by atoms with E-state index in [0.717, 1.165) is 17.9 Å². The van der Waals surface area contributed by atoms with E-state index in [-0.39, 0.29) is 12.1 Å². The Morgan fingerprint density at radius 2 is 2.16 bits per heavy atom. The summed E-state index contributed by atoms with van der Waals surface area (Å²) in [6, 6.07) is 4.05. The van der Waals surface area contributed by atoms with Gasteiger partial charge < -0.3 is 15.3 Å². The molecule has 4 heteroatoms. The minimum atomic E-state index is 0.102. The number of hydrogen-bond acceptors (Lipinski definition) is 4. The van der Waals surface area contributed by atoms with Crippen LogP contribution >= 0.6 is 0 Å². The molecular formula is C15H25N3O. The lowest BCUT2D eigenvalue weighted by Gasteiger charge is -2.22. The number of aromatic nitrogens is 1. The van der Waals surface area contributed by atoms with Crippen molar-refractivity contribution in [3.8, 4) is 0 Å². The van der Waals surface area contributed by atoms with Gasteiger partial charge >= 0.3 is 0 Å². The zero-order valence-electron chi connectivity index (χ0n) is 12.2. The second-order valence-electron chi connectivity index (χ2n) is 5.59. The molecule has 0 aliphatic heterocycles. The molecule has 1 aromatic rings. The Morgan fingerprint density at radius 3 is 2.63 bits per heavy atom. The average molecular weight is 263 g/mol. The predicted molar refractivity (Wildman–Crippen MR) is 80.3 cm³/mol. The lowest BCUT2D eigenvalue weighted by Crippen LogP contribution is -2.35. The first-order valence-corrected chi connectivity index (χ1v) is 6.63. The number of nitrogens with one attached hydrogen (secondary N) is 1. The van der Waals surface area contributed by atoms with E-state index in [0.29, 0.717) is 13.1 Å². The van der Waals surface area contributed by atoms with Crippen LogP contribution in [0.25, 0.3) is 0 Å². The van der Waals surface area contributed by atoms with Gasteiger partial charge in [-0.2, -0.15) is 0 Å². The summed E-state index contributed by atoms with van der Waals surface area (Å²) in [5.74, 6) is 0.869. The van der Waals surface area contributed by atoms with Crippen molar-refractivity contribution in [1.82, 2.24) is 10.3 Å². The van der Waals surface area contributed by atoms with Crippen LogP contribution in [-0.4, -0.2) is 35.3 Å². The molecule has 0 atom stereocenters. The van der Waals surface area contributed by atoms with Gasteiger partial charge in [0.15, 0.2) is 0 Å². The van der Waals surface area contributed by atoms with Crippen molar-refractivity contribution < 1.29 is 5.11 Å². The Kier molecular flexibility index (Phi) is 5.99. The van der Waals surface area contributed by atoms with Gasteiger partial charge in [0.25, 0.3) is 0 Å². The maximum absolute atomic E-state index is 9.04. The Bertz CT molecular complexity index is 381. The SMILES string of the molecule is C=CCN(CCO)c1ccc(CNC(C)(C)C)cn1. The molecule has 0 amide bonds. The maximum atomic E-state index is 9.04. The van der Waals surface area contributed by atoms with Gasteiger partial charge in [-0.05, 0) is 32.4 Å². The normalized spacial score (nSPS) is 11.4. The van der Waals surface area contributed by atoms with Crippen LogP contribution in [0.5, 0.6) is 0 Å². The van der Waals surface area contributed by atoms with Crippen LogP contribution in [0, 0.1) is 0 Å². The first-order valence-electron chi connectivity index (χ1n) is 6.63. The Hall–Kier alpha value is -1.39. The van der Waals surface area contributed by atoms with Crippen molar-refractivity contribution in [2.24, 2.45) is 0 Å². The third-order valence-electron chi connectivity index (χ3n) is 2.68. The monoisotopic (exact) mass is 263 g/mol. The largest absolute Gasteiger partial charge is 0.395 e. The summed E-state index contributed by atoms with van der Waals surface area (Å²) in [6.45, 7) is 12.3. The van der Waals surface area contributed by atoms with E-state index in [1.54, 1.807) is 0 Å². The second-order valence-corrected chi connectivity index (χ2v) is 5.59. The molecule has 0 aliphatic carbocycles. The zero-order valence-corrected chi connectivity index (χ0v) is 12.2. The molecule has 2 N–H and O–H groups in total. The number of nitrogens with zero attached hydrogens (tertiary/aromatic N) is 2. The summed E-state index contributed by atoms with van der Waals surface area (Å²) in [6.07, 6.45) is 3.69. The van der Waals surface area contributed by atoms with Crippen molar-refractivity contribution in [3.05, 3.63) is 36.5 Å². The van der Waals surface area contributed by atoms with Crippen LogP contribution in [0.3, 0.4) is 0 Å². The van der Waals surface area contributed by atoms with E-state index in [4.69, 9.17) is 5.11 Å². The molecule has 106 valence electrons. The van der Waals surface area contributed by atoms with Crippen LogP contribution in [0.4, 0.5) is 5.82 Å². The molecule has 0 radical (unpaired) electrons. The molecule has 0 saturated carbocycles. The zero-order chi connectivity index (χ0) is 14.3. The summed E-state index contributed by atoms with van der Waals surface area (Å²) in [5.41, 5.74) is 1.26. The summed E-state index contributed by atoms with van der Waals surface area (Å²) in [4.78, 5) is 6.44. The van der Waals surface area contributed by atoms with Gasteiger partial charge in [0, 0.05) is 31.4 Å². The fourth-order valence-corrected chi connectivity index (χ4v) is 1.65. The van der Waals surface area contributed by atoms with Crippen LogP contribution in [0.15, 0.2) is 31.0 Å². The smallest absolute Gasteiger partial charge is 0.128 e. The Labute approximate surface area is 116 Å². The standard InChI is InChI=1S/C15H25N3O/c1-5-8-18(9-10-19)14-7-6-13(11-16-14)12-17-15(2,3)4/h5-7,11,17,19H,1,8-10,12H2,2-4H3. The number of rotatable bonds is 7. The lowest BCUT2D eigenvalue weighted by molar-refractivity contribution is 0.302. The van der Waals surface area contributed by atoms with Crippen molar-refractivity contribution in [2.75, 3.05) is 24.6 Å². The molecule has 1 heterocycles. The molecule has 0 aliphatic rings. The molecule has 0 saturated heterocycles. The van der Waals surface area contributed by atoms with Gasteiger partial charge in [-0.25, -0.2) is 4.98 Å². The number of pyridine rings is 1.